The molecule has 1 unspecified atom stereocenters. The molecular weight excluding hydrogens is 295 g/mol. The van der Waals surface area contributed by atoms with Crippen molar-refractivity contribution in [3.05, 3.63) is 9.77 Å². The van der Waals surface area contributed by atoms with Crippen molar-refractivity contribution in [2.24, 2.45) is 0 Å². The minimum atomic E-state index is 0.0576. The third-order valence-corrected chi connectivity index (χ3v) is 2.84. The highest BCUT2D eigenvalue weighted by atomic mass is 127. The van der Waals surface area contributed by atoms with Gasteiger partial charge in [-0.05, 0) is 41.9 Å². The van der Waals surface area contributed by atoms with E-state index in [0.717, 1.165) is 29.0 Å². The first-order valence-electron chi connectivity index (χ1n) is 4.72. The van der Waals surface area contributed by atoms with E-state index < -0.39 is 0 Å². The first kappa shape index (κ1) is 10.2. The van der Waals surface area contributed by atoms with Crippen LogP contribution in [0.25, 0.3) is 0 Å². The topological polar surface area (TPSA) is 36.3 Å². The second-order valence-corrected chi connectivity index (χ2v) is 4.38. The van der Waals surface area contributed by atoms with Gasteiger partial charge < -0.3 is 9.47 Å². The highest BCUT2D eigenvalue weighted by molar-refractivity contribution is 14.1. The Kier molecular flexibility index (Phi) is 3.27. The maximum Gasteiger partial charge on any atom is 0.215 e. The van der Waals surface area contributed by atoms with Gasteiger partial charge in [0, 0.05) is 12.7 Å². The van der Waals surface area contributed by atoms with Crippen LogP contribution < -0.4 is 4.74 Å². The number of hydrogen-bond donors (Lipinski definition) is 0. The van der Waals surface area contributed by atoms with Gasteiger partial charge in [0.15, 0.2) is 6.23 Å². The van der Waals surface area contributed by atoms with Crippen LogP contribution >= 0.6 is 22.6 Å². The van der Waals surface area contributed by atoms with Crippen molar-refractivity contribution < 1.29 is 9.47 Å². The maximum atomic E-state index is 5.64. The van der Waals surface area contributed by atoms with Crippen molar-refractivity contribution in [1.29, 1.82) is 0 Å². The Morgan fingerprint density at radius 2 is 2.50 bits per heavy atom. The zero-order valence-electron chi connectivity index (χ0n) is 8.07. The number of methoxy groups -OCH3 is 1. The lowest BCUT2D eigenvalue weighted by atomic mass is 10.2. The Morgan fingerprint density at radius 1 is 1.64 bits per heavy atom. The lowest BCUT2D eigenvalue weighted by Gasteiger charge is -2.23. The fourth-order valence-electron chi connectivity index (χ4n) is 1.62. The van der Waals surface area contributed by atoms with Crippen LogP contribution in [0.3, 0.4) is 0 Å². The first-order valence-corrected chi connectivity index (χ1v) is 5.80. The minimum Gasteiger partial charge on any atom is -0.481 e. The first-order chi connectivity index (χ1) is 6.81. The lowest BCUT2D eigenvalue weighted by molar-refractivity contribution is -0.0433. The number of hydrogen-bond acceptors (Lipinski definition) is 3. The van der Waals surface area contributed by atoms with Crippen molar-refractivity contribution in [1.82, 2.24) is 9.78 Å². The van der Waals surface area contributed by atoms with Gasteiger partial charge in [0.2, 0.25) is 5.88 Å². The van der Waals surface area contributed by atoms with E-state index in [9.17, 15) is 0 Å². The van der Waals surface area contributed by atoms with Gasteiger partial charge in [0.1, 0.15) is 3.70 Å². The van der Waals surface area contributed by atoms with Crippen molar-refractivity contribution in [2.75, 3.05) is 13.7 Å². The molecule has 1 aromatic heterocycles. The van der Waals surface area contributed by atoms with Crippen LogP contribution in [-0.2, 0) is 4.74 Å². The molecule has 14 heavy (non-hydrogen) atoms. The molecule has 1 aliphatic rings. The molecule has 1 fully saturated rings. The normalized spacial score (nSPS) is 22.3. The SMILES string of the molecule is COc1cc(I)nn1C1CCCCO1. The summed E-state index contributed by atoms with van der Waals surface area (Å²) < 4.78 is 13.6. The molecule has 4 nitrogen and oxygen atoms in total. The molecule has 0 N–H and O–H groups in total. The second-order valence-electron chi connectivity index (χ2n) is 3.28. The maximum absolute atomic E-state index is 5.64. The van der Waals surface area contributed by atoms with E-state index in [0.29, 0.717) is 0 Å². The molecule has 0 spiro atoms. The fraction of sp³-hybridized carbons (Fsp3) is 0.667. The van der Waals surface area contributed by atoms with Gasteiger partial charge in [-0.1, -0.05) is 0 Å². The molecule has 0 aliphatic carbocycles. The summed E-state index contributed by atoms with van der Waals surface area (Å²) in [6.45, 7) is 0.824. The molecule has 2 heterocycles. The van der Waals surface area contributed by atoms with Crippen molar-refractivity contribution in [3.8, 4) is 5.88 Å². The number of rotatable bonds is 2. The predicted molar refractivity (Wildman–Crippen MR) is 60.3 cm³/mol. The average molecular weight is 308 g/mol. The third-order valence-electron chi connectivity index (χ3n) is 2.31. The minimum absolute atomic E-state index is 0.0576. The van der Waals surface area contributed by atoms with Gasteiger partial charge in [-0.3, -0.25) is 0 Å². The lowest BCUT2D eigenvalue weighted by Crippen LogP contribution is -2.19. The van der Waals surface area contributed by atoms with E-state index in [4.69, 9.17) is 9.47 Å². The number of ether oxygens (including phenoxy) is 2. The Hall–Kier alpha value is -0.300. The summed E-state index contributed by atoms with van der Waals surface area (Å²) in [6.07, 6.45) is 3.43. The molecule has 0 amide bonds. The fourth-order valence-corrected chi connectivity index (χ4v) is 2.12. The summed E-state index contributed by atoms with van der Waals surface area (Å²) in [4.78, 5) is 0. The van der Waals surface area contributed by atoms with Gasteiger partial charge in [0.05, 0.1) is 7.11 Å². The molecule has 2 rings (SSSR count). The van der Waals surface area contributed by atoms with Crippen LogP contribution in [0.5, 0.6) is 5.88 Å². The quantitative estimate of drug-likeness (QED) is 0.786. The van der Waals surface area contributed by atoms with Crippen molar-refractivity contribution in [3.63, 3.8) is 0 Å². The van der Waals surface area contributed by atoms with Gasteiger partial charge in [-0.2, -0.15) is 5.10 Å². The Balaban J connectivity index is 2.20. The Bertz CT molecular complexity index is 308. The van der Waals surface area contributed by atoms with E-state index in [-0.39, 0.29) is 6.23 Å². The van der Waals surface area contributed by atoms with Crippen LogP contribution in [0, 0.1) is 3.70 Å². The van der Waals surface area contributed by atoms with Crippen molar-refractivity contribution >= 4 is 22.6 Å². The van der Waals surface area contributed by atoms with Crippen molar-refractivity contribution in [2.45, 2.75) is 25.5 Å². The van der Waals surface area contributed by atoms with E-state index in [1.807, 2.05) is 10.7 Å². The standard InChI is InChI=1S/C9H13IN2O2/c1-13-9-6-7(10)11-12(9)8-4-2-3-5-14-8/h6,8H,2-5H2,1H3. The number of aromatic nitrogens is 2. The Labute approximate surface area is 96.7 Å². The summed E-state index contributed by atoms with van der Waals surface area (Å²) in [7, 11) is 1.66. The van der Waals surface area contributed by atoms with Gasteiger partial charge in [-0.15, -0.1) is 0 Å². The molecule has 1 aromatic rings. The molecule has 0 radical (unpaired) electrons. The highest BCUT2D eigenvalue weighted by Gasteiger charge is 2.20. The van der Waals surface area contributed by atoms with Gasteiger partial charge in [-0.25, -0.2) is 4.68 Å². The highest BCUT2D eigenvalue weighted by Crippen LogP contribution is 2.27. The molecule has 0 aromatic carbocycles. The van der Waals surface area contributed by atoms with E-state index in [1.165, 1.54) is 6.42 Å². The molecule has 0 bridgehead atoms. The second kappa shape index (κ2) is 4.48. The summed E-state index contributed by atoms with van der Waals surface area (Å²) in [5.41, 5.74) is 0. The van der Waals surface area contributed by atoms with Crippen LogP contribution in [0.2, 0.25) is 0 Å². The zero-order chi connectivity index (χ0) is 9.97. The molecule has 1 saturated heterocycles. The Morgan fingerprint density at radius 3 is 3.14 bits per heavy atom. The largest absolute Gasteiger partial charge is 0.481 e. The predicted octanol–water partition coefficient (Wildman–Crippen LogP) is 2.20. The average Bonchev–Trinajstić information content (AvgIpc) is 2.61. The third kappa shape index (κ3) is 2.03. The molecule has 1 atom stereocenters. The molecule has 78 valence electrons. The molecule has 1 aliphatic heterocycles. The molecule has 5 heteroatoms. The van der Waals surface area contributed by atoms with Gasteiger partial charge in [0.25, 0.3) is 0 Å². The zero-order valence-corrected chi connectivity index (χ0v) is 10.2. The van der Waals surface area contributed by atoms with E-state index in [2.05, 4.69) is 27.7 Å². The van der Waals surface area contributed by atoms with Crippen LogP contribution in [0.1, 0.15) is 25.5 Å². The van der Waals surface area contributed by atoms with Gasteiger partial charge >= 0.3 is 0 Å². The summed E-state index contributed by atoms with van der Waals surface area (Å²) in [5.74, 6) is 0.779. The number of halogens is 1. The molecular formula is C9H13IN2O2. The van der Waals surface area contributed by atoms with E-state index >= 15 is 0 Å². The monoisotopic (exact) mass is 308 g/mol. The molecule has 0 saturated carbocycles. The summed E-state index contributed by atoms with van der Waals surface area (Å²) in [5, 5.41) is 4.36. The smallest absolute Gasteiger partial charge is 0.215 e. The number of nitrogens with zero attached hydrogens (tertiary/aromatic N) is 2. The summed E-state index contributed by atoms with van der Waals surface area (Å²) >= 11 is 2.18. The van der Waals surface area contributed by atoms with E-state index in [1.54, 1.807) is 7.11 Å². The van der Waals surface area contributed by atoms with Crippen LogP contribution in [-0.4, -0.2) is 23.5 Å². The van der Waals surface area contributed by atoms with Crippen LogP contribution in [0.4, 0.5) is 0 Å². The summed E-state index contributed by atoms with van der Waals surface area (Å²) in [6, 6.07) is 1.92. The van der Waals surface area contributed by atoms with Crippen LogP contribution in [0.15, 0.2) is 6.07 Å².